The standard InChI is InChI=1S/C8H17N5OS/c1-9-7-8(12-15(14)11-7)10-5-4-6-13(2)3/h4-6H2,1-3H3,(H,9,11)(H,10,12). The van der Waals surface area contributed by atoms with Gasteiger partial charge in [0.1, 0.15) is 0 Å². The van der Waals surface area contributed by atoms with Crippen LogP contribution in [0.15, 0.2) is 8.80 Å². The molecule has 0 aromatic heterocycles. The predicted molar refractivity (Wildman–Crippen MR) is 63.2 cm³/mol. The molecule has 0 spiro atoms. The number of rotatable bonds is 4. The third-order valence-electron chi connectivity index (χ3n) is 1.87. The summed E-state index contributed by atoms with van der Waals surface area (Å²) in [5, 5.41) is 5.95. The summed E-state index contributed by atoms with van der Waals surface area (Å²) >= 11 is -1.46. The van der Waals surface area contributed by atoms with Gasteiger partial charge in [-0.3, -0.25) is 0 Å². The Morgan fingerprint density at radius 1 is 1.33 bits per heavy atom. The molecule has 0 bridgehead atoms. The molecule has 1 rings (SSSR count). The van der Waals surface area contributed by atoms with Crippen LogP contribution in [0.1, 0.15) is 6.42 Å². The van der Waals surface area contributed by atoms with E-state index in [0.717, 1.165) is 19.5 Å². The van der Waals surface area contributed by atoms with Crippen LogP contribution in [0.25, 0.3) is 0 Å². The Hall–Kier alpha value is -0.950. The third-order valence-corrected chi connectivity index (χ3v) is 2.55. The molecule has 0 radical (unpaired) electrons. The van der Waals surface area contributed by atoms with Gasteiger partial charge >= 0.3 is 0 Å². The average molecular weight is 231 g/mol. The van der Waals surface area contributed by atoms with Crippen molar-refractivity contribution in [1.82, 2.24) is 15.5 Å². The zero-order chi connectivity index (χ0) is 11.3. The number of hydrogen-bond acceptors (Lipinski definition) is 4. The highest BCUT2D eigenvalue weighted by Gasteiger charge is 2.16. The van der Waals surface area contributed by atoms with Gasteiger partial charge in [-0.05, 0) is 27.1 Å². The van der Waals surface area contributed by atoms with Crippen LogP contribution in [0.5, 0.6) is 0 Å². The Balaban J connectivity index is 2.30. The maximum Gasteiger partial charge on any atom is 0.269 e. The van der Waals surface area contributed by atoms with Crippen LogP contribution in [0.4, 0.5) is 0 Å². The van der Waals surface area contributed by atoms with Gasteiger partial charge in [0.25, 0.3) is 11.2 Å². The highest BCUT2D eigenvalue weighted by atomic mass is 32.2. The van der Waals surface area contributed by atoms with E-state index in [-0.39, 0.29) is 0 Å². The third kappa shape index (κ3) is 3.96. The molecule has 6 nitrogen and oxygen atoms in total. The molecule has 0 fully saturated rings. The molecular formula is C8H17N5OS. The topological polar surface area (TPSA) is 69.1 Å². The summed E-state index contributed by atoms with van der Waals surface area (Å²) in [4.78, 5) is 2.11. The van der Waals surface area contributed by atoms with Gasteiger partial charge in [-0.25, -0.2) is 4.21 Å². The molecule has 2 N–H and O–H groups in total. The summed E-state index contributed by atoms with van der Waals surface area (Å²) in [6.07, 6.45) is 1.01. The number of likely N-dealkylation sites (N-methyl/N-ethyl adjacent to an activating group) is 1. The fraction of sp³-hybridized carbons (Fsp3) is 0.750. The molecule has 1 atom stereocenters. The van der Waals surface area contributed by atoms with E-state index in [1.807, 2.05) is 14.1 Å². The molecule has 86 valence electrons. The van der Waals surface area contributed by atoms with E-state index < -0.39 is 11.2 Å². The Labute approximate surface area is 92.6 Å². The first-order chi connectivity index (χ1) is 7.13. The Kier molecular flexibility index (Phi) is 4.70. The summed E-state index contributed by atoms with van der Waals surface area (Å²) in [5.41, 5.74) is 0. The molecule has 0 aliphatic carbocycles. The van der Waals surface area contributed by atoms with Gasteiger partial charge in [0.2, 0.25) is 0 Å². The van der Waals surface area contributed by atoms with Crippen molar-refractivity contribution in [1.29, 1.82) is 0 Å². The monoisotopic (exact) mass is 231 g/mol. The maximum atomic E-state index is 11.0. The van der Waals surface area contributed by atoms with Crippen molar-refractivity contribution in [3.05, 3.63) is 0 Å². The molecule has 0 amide bonds. The summed E-state index contributed by atoms with van der Waals surface area (Å²) in [7, 11) is 5.80. The predicted octanol–water partition coefficient (Wildman–Crippen LogP) is -0.864. The Morgan fingerprint density at radius 2 is 2.00 bits per heavy atom. The second kappa shape index (κ2) is 5.82. The maximum absolute atomic E-state index is 11.0. The molecule has 1 unspecified atom stereocenters. The molecule has 7 heteroatoms. The first-order valence-corrected chi connectivity index (χ1v) is 5.86. The smallest absolute Gasteiger partial charge is 0.269 e. The van der Waals surface area contributed by atoms with E-state index >= 15 is 0 Å². The van der Waals surface area contributed by atoms with E-state index in [9.17, 15) is 4.21 Å². The van der Waals surface area contributed by atoms with Crippen molar-refractivity contribution in [3.8, 4) is 0 Å². The molecular weight excluding hydrogens is 214 g/mol. The Morgan fingerprint density at radius 3 is 2.60 bits per heavy atom. The minimum Gasteiger partial charge on any atom is -0.369 e. The zero-order valence-electron chi connectivity index (χ0n) is 9.28. The second-order valence-corrected chi connectivity index (χ2v) is 4.27. The summed E-state index contributed by atoms with van der Waals surface area (Å²) in [6.45, 7) is 1.81. The van der Waals surface area contributed by atoms with E-state index in [1.165, 1.54) is 0 Å². The van der Waals surface area contributed by atoms with Crippen LogP contribution >= 0.6 is 0 Å². The Bertz CT molecular complexity index is 299. The van der Waals surface area contributed by atoms with Crippen LogP contribution in [0, 0.1) is 0 Å². The molecule has 0 saturated carbocycles. The van der Waals surface area contributed by atoms with Gasteiger partial charge in [-0.1, -0.05) is 0 Å². The molecule has 0 aromatic rings. The van der Waals surface area contributed by atoms with Gasteiger partial charge in [-0.2, -0.15) is 0 Å². The molecule has 1 heterocycles. The minimum absolute atomic E-state index is 0.568. The van der Waals surface area contributed by atoms with Gasteiger partial charge in [0.05, 0.1) is 0 Å². The number of hydrogen-bond donors (Lipinski definition) is 2. The van der Waals surface area contributed by atoms with Crippen LogP contribution in [0.3, 0.4) is 0 Å². The second-order valence-electron chi connectivity index (χ2n) is 3.44. The van der Waals surface area contributed by atoms with Crippen LogP contribution < -0.4 is 10.6 Å². The van der Waals surface area contributed by atoms with Crippen molar-refractivity contribution in [2.45, 2.75) is 6.42 Å². The van der Waals surface area contributed by atoms with Crippen LogP contribution in [0.2, 0.25) is 0 Å². The van der Waals surface area contributed by atoms with E-state index in [4.69, 9.17) is 0 Å². The molecule has 15 heavy (non-hydrogen) atoms. The lowest BCUT2D eigenvalue weighted by atomic mass is 10.4. The highest BCUT2D eigenvalue weighted by molar-refractivity contribution is 7.83. The van der Waals surface area contributed by atoms with Crippen molar-refractivity contribution < 1.29 is 4.21 Å². The van der Waals surface area contributed by atoms with Gasteiger partial charge in [0, 0.05) is 13.6 Å². The van der Waals surface area contributed by atoms with E-state index in [2.05, 4.69) is 24.3 Å². The summed E-state index contributed by atoms with van der Waals surface area (Å²) in [5.74, 6) is 1.16. The fourth-order valence-corrected chi connectivity index (χ4v) is 1.83. The SMILES string of the molecule is CNC1=NS(=O)N=C1NCCCN(C)C. The average Bonchev–Trinajstić information content (AvgIpc) is 2.53. The normalized spacial score (nSPS) is 20.1. The quantitative estimate of drug-likeness (QED) is 0.618. The van der Waals surface area contributed by atoms with Crippen LogP contribution in [-0.2, 0) is 11.2 Å². The van der Waals surface area contributed by atoms with Gasteiger partial charge in [-0.15, -0.1) is 8.80 Å². The first kappa shape index (κ1) is 12.1. The van der Waals surface area contributed by atoms with Crippen LogP contribution in [-0.4, -0.2) is 55.0 Å². The number of nitrogens with one attached hydrogen (secondary N) is 2. The lowest BCUT2D eigenvalue weighted by Gasteiger charge is -2.10. The molecule has 0 saturated heterocycles. The zero-order valence-corrected chi connectivity index (χ0v) is 10.1. The van der Waals surface area contributed by atoms with Crippen molar-refractivity contribution in [2.24, 2.45) is 8.80 Å². The number of nitrogens with zero attached hydrogens (tertiary/aromatic N) is 3. The van der Waals surface area contributed by atoms with Crippen molar-refractivity contribution in [3.63, 3.8) is 0 Å². The first-order valence-electron chi connectivity index (χ1n) is 4.79. The minimum atomic E-state index is -1.46. The fourth-order valence-electron chi connectivity index (χ4n) is 1.15. The van der Waals surface area contributed by atoms with Crippen molar-refractivity contribution in [2.75, 3.05) is 34.2 Å². The van der Waals surface area contributed by atoms with Crippen molar-refractivity contribution >= 4 is 22.8 Å². The van der Waals surface area contributed by atoms with E-state index in [1.54, 1.807) is 7.05 Å². The molecule has 1 aliphatic rings. The lowest BCUT2D eigenvalue weighted by molar-refractivity contribution is 0.400. The number of amidine groups is 2. The largest absolute Gasteiger partial charge is 0.369 e. The highest BCUT2D eigenvalue weighted by Crippen LogP contribution is 1.98. The van der Waals surface area contributed by atoms with Gasteiger partial charge in [0.15, 0.2) is 11.7 Å². The summed E-state index contributed by atoms with van der Waals surface area (Å²) in [6, 6.07) is 0. The van der Waals surface area contributed by atoms with E-state index in [0.29, 0.717) is 11.7 Å². The van der Waals surface area contributed by atoms with Gasteiger partial charge < -0.3 is 15.5 Å². The molecule has 0 aromatic carbocycles. The summed E-state index contributed by atoms with van der Waals surface area (Å²) < 4.78 is 18.7. The molecule has 1 aliphatic heterocycles. The lowest BCUT2D eigenvalue weighted by Crippen LogP contribution is -2.37.